The molecule has 0 aliphatic carbocycles. The maximum atomic E-state index is 5.91. The van der Waals surface area contributed by atoms with E-state index in [2.05, 4.69) is 13.8 Å². The van der Waals surface area contributed by atoms with Gasteiger partial charge in [0, 0.05) is 13.2 Å². The number of thioether (sulfide) groups is 1. The molecule has 1 heterocycles. The van der Waals surface area contributed by atoms with Crippen LogP contribution in [0.1, 0.15) is 46.0 Å². The van der Waals surface area contributed by atoms with E-state index in [0.717, 1.165) is 19.8 Å². The van der Waals surface area contributed by atoms with E-state index in [1.807, 2.05) is 11.8 Å². The van der Waals surface area contributed by atoms with Crippen molar-refractivity contribution in [2.24, 2.45) is 0 Å². The van der Waals surface area contributed by atoms with Gasteiger partial charge in [-0.1, -0.05) is 26.7 Å². The standard InChI is InChI=1S/C13H26O2S/c1-3-5-8-14-11-13-12(7-10-16-13)15-9-6-4-2/h12-13H,3-11H2,1-2H3/t12-,13-/m1/s1. The highest BCUT2D eigenvalue weighted by molar-refractivity contribution is 8.00. The third kappa shape index (κ3) is 5.55. The summed E-state index contributed by atoms with van der Waals surface area (Å²) in [5.41, 5.74) is 0. The maximum Gasteiger partial charge on any atom is 0.0723 e. The van der Waals surface area contributed by atoms with Crippen molar-refractivity contribution in [3.8, 4) is 0 Å². The SMILES string of the molecule is CCCCOC[C@H]1SCC[C@H]1OCCCC. The van der Waals surface area contributed by atoms with E-state index in [1.54, 1.807) is 0 Å². The second-order valence-corrected chi connectivity index (χ2v) is 5.74. The van der Waals surface area contributed by atoms with Gasteiger partial charge in [-0.15, -0.1) is 0 Å². The fourth-order valence-corrected chi connectivity index (χ4v) is 3.09. The summed E-state index contributed by atoms with van der Waals surface area (Å²) in [4.78, 5) is 0. The molecule has 1 aliphatic heterocycles. The smallest absolute Gasteiger partial charge is 0.0723 e. The van der Waals surface area contributed by atoms with E-state index >= 15 is 0 Å². The fraction of sp³-hybridized carbons (Fsp3) is 1.00. The van der Waals surface area contributed by atoms with Gasteiger partial charge in [0.2, 0.25) is 0 Å². The Morgan fingerprint density at radius 2 is 1.88 bits per heavy atom. The summed E-state index contributed by atoms with van der Waals surface area (Å²) in [7, 11) is 0. The second-order valence-electron chi connectivity index (χ2n) is 4.39. The van der Waals surface area contributed by atoms with Crippen molar-refractivity contribution in [1.29, 1.82) is 0 Å². The Morgan fingerprint density at radius 3 is 2.62 bits per heavy atom. The van der Waals surface area contributed by atoms with E-state index in [0.29, 0.717) is 11.4 Å². The van der Waals surface area contributed by atoms with Gasteiger partial charge in [-0.25, -0.2) is 0 Å². The monoisotopic (exact) mass is 246 g/mol. The van der Waals surface area contributed by atoms with Crippen molar-refractivity contribution in [1.82, 2.24) is 0 Å². The molecule has 1 aliphatic rings. The first-order valence-corrected chi connectivity index (χ1v) is 7.74. The number of rotatable bonds is 9. The van der Waals surface area contributed by atoms with Gasteiger partial charge in [-0.05, 0) is 25.0 Å². The van der Waals surface area contributed by atoms with Crippen molar-refractivity contribution >= 4 is 11.8 Å². The Hall–Kier alpha value is 0.270. The minimum absolute atomic E-state index is 0.443. The Morgan fingerprint density at radius 1 is 1.12 bits per heavy atom. The molecule has 0 aromatic heterocycles. The summed E-state index contributed by atoms with van der Waals surface area (Å²) in [5, 5.41) is 0.578. The van der Waals surface area contributed by atoms with Crippen LogP contribution in [0.25, 0.3) is 0 Å². The molecular weight excluding hydrogens is 220 g/mol. The highest BCUT2D eigenvalue weighted by Crippen LogP contribution is 2.29. The molecule has 3 heteroatoms. The third-order valence-electron chi connectivity index (χ3n) is 2.90. The van der Waals surface area contributed by atoms with Gasteiger partial charge in [0.15, 0.2) is 0 Å². The minimum Gasteiger partial charge on any atom is -0.380 e. The van der Waals surface area contributed by atoms with Gasteiger partial charge >= 0.3 is 0 Å². The van der Waals surface area contributed by atoms with E-state index < -0.39 is 0 Å². The van der Waals surface area contributed by atoms with Gasteiger partial charge in [-0.2, -0.15) is 11.8 Å². The maximum absolute atomic E-state index is 5.91. The number of hydrogen-bond donors (Lipinski definition) is 0. The molecular formula is C13H26O2S. The van der Waals surface area contributed by atoms with Crippen molar-refractivity contribution in [3.05, 3.63) is 0 Å². The zero-order valence-electron chi connectivity index (χ0n) is 10.7. The first-order chi connectivity index (χ1) is 7.88. The van der Waals surface area contributed by atoms with Crippen LogP contribution in [0.3, 0.4) is 0 Å². The normalized spacial score (nSPS) is 25.1. The first-order valence-electron chi connectivity index (χ1n) is 6.69. The van der Waals surface area contributed by atoms with E-state index in [-0.39, 0.29) is 0 Å². The summed E-state index contributed by atoms with van der Waals surface area (Å²) >= 11 is 2.02. The van der Waals surface area contributed by atoms with Gasteiger partial charge in [0.05, 0.1) is 18.0 Å². The average Bonchev–Trinajstić information content (AvgIpc) is 2.73. The molecule has 0 bridgehead atoms. The summed E-state index contributed by atoms with van der Waals surface area (Å²) in [5.74, 6) is 1.23. The Kier molecular flexibility index (Phi) is 8.34. The molecule has 0 aromatic carbocycles. The predicted molar refractivity (Wildman–Crippen MR) is 71.2 cm³/mol. The van der Waals surface area contributed by atoms with Crippen molar-refractivity contribution < 1.29 is 9.47 Å². The summed E-state index contributed by atoms with van der Waals surface area (Å²) < 4.78 is 11.6. The zero-order valence-corrected chi connectivity index (χ0v) is 11.6. The average molecular weight is 246 g/mol. The minimum atomic E-state index is 0.443. The lowest BCUT2D eigenvalue weighted by Crippen LogP contribution is -2.26. The summed E-state index contributed by atoms with van der Waals surface area (Å²) in [6.07, 6.45) is 6.45. The molecule has 1 rings (SSSR count). The highest BCUT2D eigenvalue weighted by Gasteiger charge is 2.28. The molecule has 0 amide bonds. The van der Waals surface area contributed by atoms with Crippen LogP contribution in [0.2, 0.25) is 0 Å². The van der Waals surface area contributed by atoms with Crippen LogP contribution < -0.4 is 0 Å². The summed E-state index contributed by atoms with van der Waals surface area (Å²) in [6.45, 7) is 7.12. The van der Waals surface area contributed by atoms with Gasteiger partial charge in [0.1, 0.15) is 0 Å². The van der Waals surface area contributed by atoms with Crippen molar-refractivity contribution in [2.45, 2.75) is 57.3 Å². The molecule has 2 atom stereocenters. The van der Waals surface area contributed by atoms with Crippen LogP contribution in [0.15, 0.2) is 0 Å². The molecule has 0 spiro atoms. The highest BCUT2D eigenvalue weighted by atomic mass is 32.2. The molecule has 0 N–H and O–H groups in total. The first kappa shape index (κ1) is 14.3. The Bertz CT molecular complexity index is 164. The lowest BCUT2D eigenvalue weighted by Gasteiger charge is -2.19. The third-order valence-corrected chi connectivity index (χ3v) is 4.24. The van der Waals surface area contributed by atoms with Gasteiger partial charge in [-0.3, -0.25) is 0 Å². The topological polar surface area (TPSA) is 18.5 Å². The Labute approximate surface area is 104 Å². The van der Waals surface area contributed by atoms with E-state index in [9.17, 15) is 0 Å². The molecule has 96 valence electrons. The molecule has 0 aromatic rings. The van der Waals surface area contributed by atoms with Crippen LogP contribution in [0, 0.1) is 0 Å². The van der Waals surface area contributed by atoms with Gasteiger partial charge in [0.25, 0.3) is 0 Å². The lowest BCUT2D eigenvalue weighted by molar-refractivity contribution is 0.0282. The molecule has 2 nitrogen and oxygen atoms in total. The fourth-order valence-electron chi connectivity index (χ4n) is 1.80. The molecule has 1 fully saturated rings. The second kappa shape index (κ2) is 9.32. The number of hydrogen-bond acceptors (Lipinski definition) is 3. The molecule has 16 heavy (non-hydrogen) atoms. The van der Waals surface area contributed by atoms with Crippen molar-refractivity contribution in [2.75, 3.05) is 25.6 Å². The lowest BCUT2D eigenvalue weighted by atomic mass is 10.2. The van der Waals surface area contributed by atoms with Crippen LogP contribution in [0.4, 0.5) is 0 Å². The quantitative estimate of drug-likeness (QED) is 0.580. The molecule has 0 unspecified atom stereocenters. The number of ether oxygens (including phenoxy) is 2. The Balaban J connectivity index is 2.08. The van der Waals surface area contributed by atoms with Crippen LogP contribution in [-0.2, 0) is 9.47 Å². The number of unbranched alkanes of at least 4 members (excludes halogenated alkanes) is 2. The van der Waals surface area contributed by atoms with Crippen LogP contribution in [-0.4, -0.2) is 36.9 Å². The molecule has 0 radical (unpaired) electrons. The van der Waals surface area contributed by atoms with Crippen molar-refractivity contribution in [3.63, 3.8) is 0 Å². The van der Waals surface area contributed by atoms with E-state index in [4.69, 9.17) is 9.47 Å². The predicted octanol–water partition coefficient (Wildman–Crippen LogP) is 3.49. The molecule has 1 saturated heterocycles. The largest absolute Gasteiger partial charge is 0.380 e. The van der Waals surface area contributed by atoms with Crippen LogP contribution >= 0.6 is 11.8 Å². The van der Waals surface area contributed by atoms with Crippen LogP contribution in [0.5, 0.6) is 0 Å². The molecule has 0 saturated carbocycles. The van der Waals surface area contributed by atoms with E-state index in [1.165, 1.54) is 37.9 Å². The van der Waals surface area contributed by atoms with Gasteiger partial charge < -0.3 is 9.47 Å². The zero-order chi connectivity index (χ0) is 11.6. The summed E-state index contributed by atoms with van der Waals surface area (Å²) in [6, 6.07) is 0.